The molecule has 4 nitrogen and oxygen atoms in total. The topological polar surface area (TPSA) is 56.2 Å². The number of hydrogen-bond donors (Lipinski definition) is 1. The molecule has 0 saturated heterocycles. The maximum Gasteiger partial charge on any atom is 0.157 e. The van der Waals surface area contributed by atoms with Gasteiger partial charge < -0.3 is 5.73 Å². The summed E-state index contributed by atoms with van der Waals surface area (Å²) in [5.74, 6) is 1.37. The van der Waals surface area contributed by atoms with Crippen LogP contribution in [0.5, 0.6) is 0 Å². The minimum atomic E-state index is 0.598. The minimum Gasteiger partial charge on any atom is -0.384 e. The number of anilines is 1. The van der Waals surface area contributed by atoms with Crippen molar-refractivity contribution in [1.82, 2.24) is 14.6 Å². The van der Waals surface area contributed by atoms with E-state index in [9.17, 15) is 0 Å². The first kappa shape index (κ1) is 11.2. The monoisotopic (exact) mass is 302 g/mol. The van der Waals surface area contributed by atoms with E-state index >= 15 is 0 Å². The zero-order valence-electron chi connectivity index (χ0n) is 9.55. The van der Waals surface area contributed by atoms with E-state index in [0.717, 1.165) is 15.9 Å². The first-order chi connectivity index (χ1) is 8.72. The Bertz CT molecular complexity index is 705. The van der Waals surface area contributed by atoms with E-state index in [2.05, 4.69) is 38.1 Å². The number of hydrogen-bond acceptors (Lipinski definition) is 3. The highest BCUT2D eigenvalue weighted by Gasteiger charge is 2.06. The van der Waals surface area contributed by atoms with E-state index in [1.165, 1.54) is 5.56 Å². The molecular formula is C13H11BrN4. The van der Waals surface area contributed by atoms with Crippen LogP contribution in [0.4, 0.5) is 5.82 Å². The molecule has 18 heavy (non-hydrogen) atoms. The molecule has 90 valence electrons. The Labute approximate surface area is 113 Å². The summed E-state index contributed by atoms with van der Waals surface area (Å²) in [5.41, 5.74) is 7.78. The van der Waals surface area contributed by atoms with Crippen molar-refractivity contribution in [2.45, 2.75) is 6.42 Å². The summed E-state index contributed by atoms with van der Waals surface area (Å²) in [4.78, 5) is 4.46. The van der Waals surface area contributed by atoms with E-state index in [0.29, 0.717) is 12.2 Å². The molecular weight excluding hydrogens is 292 g/mol. The van der Waals surface area contributed by atoms with Gasteiger partial charge >= 0.3 is 0 Å². The van der Waals surface area contributed by atoms with Crippen LogP contribution >= 0.6 is 15.9 Å². The van der Waals surface area contributed by atoms with E-state index < -0.39 is 0 Å². The number of benzene rings is 1. The minimum absolute atomic E-state index is 0.598. The standard InChI is InChI=1S/C13H11BrN4/c14-10-4-1-3-9(7-10)8-12-16-13-6-2-5-11(15)18(13)17-12/h1-7H,8,15H2. The molecule has 2 heterocycles. The van der Waals surface area contributed by atoms with Crippen molar-refractivity contribution in [2.75, 3.05) is 5.73 Å². The molecule has 2 N–H and O–H groups in total. The predicted octanol–water partition coefficient (Wildman–Crippen LogP) is 2.66. The number of nitrogen functional groups attached to an aromatic ring is 1. The molecule has 0 saturated carbocycles. The Morgan fingerprint density at radius 3 is 2.78 bits per heavy atom. The van der Waals surface area contributed by atoms with Gasteiger partial charge in [-0.2, -0.15) is 4.52 Å². The summed E-state index contributed by atoms with van der Waals surface area (Å²) in [6.45, 7) is 0. The van der Waals surface area contributed by atoms with E-state index in [-0.39, 0.29) is 0 Å². The van der Waals surface area contributed by atoms with Crippen LogP contribution in [0.25, 0.3) is 5.65 Å². The summed E-state index contributed by atoms with van der Waals surface area (Å²) >= 11 is 3.46. The first-order valence-corrected chi connectivity index (χ1v) is 6.36. The van der Waals surface area contributed by atoms with Crippen LogP contribution in [0, 0.1) is 0 Å². The summed E-state index contributed by atoms with van der Waals surface area (Å²) in [6, 6.07) is 13.7. The van der Waals surface area contributed by atoms with Crippen LogP contribution in [-0.2, 0) is 6.42 Å². The Morgan fingerprint density at radius 1 is 1.17 bits per heavy atom. The molecule has 0 unspecified atom stereocenters. The summed E-state index contributed by atoms with van der Waals surface area (Å²) in [7, 11) is 0. The van der Waals surface area contributed by atoms with Gasteiger partial charge in [-0.15, -0.1) is 5.10 Å². The van der Waals surface area contributed by atoms with Gasteiger partial charge in [-0.25, -0.2) is 4.98 Å². The lowest BCUT2D eigenvalue weighted by atomic mass is 10.1. The summed E-state index contributed by atoms with van der Waals surface area (Å²) in [5, 5.41) is 4.40. The lowest BCUT2D eigenvalue weighted by molar-refractivity contribution is 0.908. The van der Waals surface area contributed by atoms with Crippen molar-refractivity contribution in [3.05, 3.63) is 58.3 Å². The molecule has 0 aliphatic carbocycles. The van der Waals surface area contributed by atoms with Gasteiger partial charge in [0.2, 0.25) is 0 Å². The van der Waals surface area contributed by atoms with Crippen molar-refractivity contribution in [3.8, 4) is 0 Å². The number of rotatable bonds is 2. The third-order valence-electron chi connectivity index (χ3n) is 2.68. The van der Waals surface area contributed by atoms with Crippen molar-refractivity contribution >= 4 is 27.4 Å². The van der Waals surface area contributed by atoms with E-state index in [1.807, 2.05) is 30.3 Å². The fourth-order valence-corrected chi connectivity index (χ4v) is 2.32. The highest BCUT2D eigenvalue weighted by atomic mass is 79.9. The molecule has 3 aromatic rings. The van der Waals surface area contributed by atoms with Gasteiger partial charge in [-0.1, -0.05) is 34.1 Å². The smallest absolute Gasteiger partial charge is 0.157 e. The first-order valence-electron chi connectivity index (χ1n) is 5.57. The van der Waals surface area contributed by atoms with Gasteiger partial charge in [0.15, 0.2) is 11.5 Å². The predicted molar refractivity (Wildman–Crippen MR) is 74.3 cm³/mol. The van der Waals surface area contributed by atoms with Crippen molar-refractivity contribution in [3.63, 3.8) is 0 Å². The molecule has 0 bridgehead atoms. The Hall–Kier alpha value is -1.88. The number of aromatic nitrogens is 3. The largest absolute Gasteiger partial charge is 0.384 e. The molecule has 0 fully saturated rings. The quantitative estimate of drug-likeness (QED) is 0.792. The number of pyridine rings is 1. The SMILES string of the molecule is Nc1cccc2nc(Cc3cccc(Br)c3)nn12. The van der Waals surface area contributed by atoms with Crippen LogP contribution in [-0.4, -0.2) is 14.6 Å². The molecule has 0 aliphatic heterocycles. The van der Waals surface area contributed by atoms with E-state index in [4.69, 9.17) is 5.73 Å². The average Bonchev–Trinajstić information content (AvgIpc) is 2.73. The third kappa shape index (κ3) is 2.09. The fraction of sp³-hybridized carbons (Fsp3) is 0.0769. The average molecular weight is 303 g/mol. The third-order valence-corrected chi connectivity index (χ3v) is 3.18. The van der Waals surface area contributed by atoms with Gasteiger partial charge in [-0.3, -0.25) is 0 Å². The summed E-state index contributed by atoms with van der Waals surface area (Å²) < 4.78 is 2.72. The maximum atomic E-state index is 5.84. The van der Waals surface area contributed by atoms with Gasteiger partial charge in [0, 0.05) is 10.9 Å². The Balaban J connectivity index is 1.98. The molecule has 0 aliphatic rings. The van der Waals surface area contributed by atoms with Crippen molar-refractivity contribution in [1.29, 1.82) is 0 Å². The van der Waals surface area contributed by atoms with Gasteiger partial charge in [0.05, 0.1) is 0 Å². The van der Waals surface area contributed by atoms with Crippen LogP contribution in [0.15, 0.2) is 46.9 Å². The Kier molecular flexibility index (Phi) is 2.76. The zero-order chi connectivity index (χ0) is 12.5. The second kappa shape index (κ2) is 4.42. The highest BCUT2D eigenvalue weighted by molar-refractivity contribution is 9.10. The molecule has 0 spiro atoms. The van der Waals surface area contributed by atoms with Crippen LogP contribution in [0.3, 0.4) is 0 Å². The fourth-order valence-electron chi connectivity index (χ4n) is 1.87. The highest BCUT2D eigenvalue weighted by Crippen LogP contribution is 2.15. The maximum absolute atomic E-state index is 5.84. The lowest BCUT2D eigenvalue weighted by Gasteiger charge is -1.97. The molecule has 2 aromatic heterocycles. The van der Waals surface area contributed by atoms with Crippen LogP contribution < -0.4 is 5.73 Å². The number of fused-ring (bicyclic) bond motifs is 1. The molecule has 5 heteroatoms. The number of nitrogens with two attached hydrogens (primary N) is 1. The second-order valence-corrected chi connectivity index (χ2v) is 4.97. The molecule has 3 rings (SSSR count). The van der Waals surface area contributed by atoms with Crippen LogP contribution in [0.2, 0.25) is 0 Å². The molecule has 0 amide bonds. The molecule has 1 aromatic carbocycles. The zero-order valence-corrected chi connectivity index (χ0v) is 11.1. The molecule has 0 radical (unpaired) electrons. The van der Waals surface area contributed by atoms with E-state index in [1.54, 1.807) is 4.52 Å². The summed E-state index contributed by atoms with van der Waals surface area (Å²) in [6.07, 6.45) is 0.695. The van der Waals surface area contributed by atoms with Gasteiger partial charge in [0.1, 0.15) is 5.82 Å². The van der Waals surface area contributed by atoms with Crippen molar-refractivity contribution < 1.29 is 0 Å². The lowest BCUT2D eigenvalue weighted by Crippen LogP contribution is -1.98. The number of nitrogens with zero attached hydrogens (tertiary/aromatic N) is 3. The van der Waals surface area contributed by atoms with Crippen LogP contribution in [0.1, 0.15) is 11.4 Å². The van der Waals surface area contributed by atoms with Gasteiger partial charge in [0.25, 0.3) is 0 Å². The normalized spacial score (nSPS) is 10.9. The van der Waals surface area contributed by atoms with Gasteiger partial charge in [-0.05, 0) is 29.8 Å². The Morgan fingerprint density at radius 2 is 2.00 bits per heavy atom. The molecule has 0 atom stereocenters. The second-order valence-electron chi connectivity index (χ2n) is 4.06. The number of halogens is 1. The van der Waals surface area contributed by atoms with Crippen molar-refractivity contribution in [2.24, 2.45) is 0 Å².